The van der Waals surface area contributed by atoms with Crippen LogP contribution in [0.3, 0.4) is 0 Å². The molecule has 1 saturated heterocycles. The van der Waals surface area contributed by atoms with Gasteiger partial charge in [0.05, 0.1) is 6.54 Å². The van der Waals surface area contributed by atoms with Crippen LogP contribution < -0.4 is 70.8 Å². The Morgan fingerprint density at radius 3 is 1.21 bits per heavy atom. The van der Waals surface area contributed by atoms with Crippen molar-refractivity contribution in [2.75, 3.05) is 25.4 Å². The molecule has 456 valence electrons. The van der Waals surface area contributed by atoms with Crippen molar-refractivity contribution in [2.45, 2.75) is 119 Å². The fourth-order valence-corrected chi connectivity index (χ4v) is 9.25. The van der Waals surface area contributed by atoms with Crippen molar-refractivity contribution in [2.24, 2.45) is 27.9 Å². The number of thiol groups is 1. The van der Waals surface area contributed by atoms with E-state index in [2.05, 4.69) is 65.5 Å². The van der Waals surface area contributed by atoms with Crippen molar-refractivity contribution in [1.82, 2.24) is 47.9 Å². The van der Waals surface area contributed by atoms with Gasteiger partial charge < -0.3 is 81.0 Å². The molecule has 10 amide bonds. The lowest BCUT2D eigenvalue weighted by Crippen LogP contribution is -2.61. The monoisotopic (exact) mass is 1190 g/mol. The minimum atomic E-state index is -1.57. The third kappa shape index (κ3) is 23.1. The lowest BCUT2D eigenvalue weighted by molar-refractivity contribution is -0.135. The number of aliphatic imine (C=N–C) groups is 1. The van der Waals surface area contributed by atoms with Gasteiger partial charge in [0.1, 0.15) is 59.8 Å². The van der Waals surface area contributed by atoms with E-state index >= 15 is 0 Å². The second kappa shape index (κ2) is 34.4. The number of carbonyl (C=O) groups excluding carboxylic acids is 10. The zero-order chi connectivity index (χ0) is 61.8. The number of primary amides is 1. The molecule has 0 aliphatic carbocycles. The van der Waals surface area contributed by atoms with Crippen LogP contribution in [0.25, 0.3) is 0 Å². The number of amides is 10. The Morgan fingerprint density at radius 1 is 0.447 bits per heavy atom. The molecule has 0 spiro atoms. The normalized spacial score (nSPS) is 21.8. The first kappa shape index (κ1) is 66.6. The van der Waals surface area contributed by atoms with Gasteiger partial charge in [-0.05, 0) is 91.6 Å². The number of benzene rings is 4. The third-order valence-corrected chi connectivity index (χ3v) is 13.9. The van der Waals surface area contributed by atoms with Crippen LogP contribution in [0, 0.1) is 0 Å². The molecule has 1 heterocycles. The largest absolute Gasteiger partial charge is 0.508 e. The van der Waals surface area contributed by atoms with Gasteiger partial charge >= 0.3 is 0 Å². The quantitative estimate of drug-likeness (QED) is 0.0193. The van der Waals surface area contributed by atoms with E-state index in [1.165, 1.54) is 48.5 Å². The summed E-state index contributed by atoms with van der Waals surface area (Å²) in [6, 6.07) is 16.8. The maximum atomic E-state index is 14.7. The number of guanidine groups is 1. The summed E-state index contributed by atoms with van der Waals surface area (Å²) in [7, 11) is 0. The van der Waals surface area contributed by atoms with Crippen LogP contribution in [-0.2, 0) is 73.6 Å². The standard InChI is InChI=1S/C58H76N14O12S/c59-26-8-7-14-40-52(79)72-47(33-85)57(84)71-46(31-37-18-22-39(74)23-19-37)56(83)70-45(30-36-16-20-38(73)21-17-36)55(82)69-43(28-34-10-3-1-4-11-34)50(77)64-32-49(76)65-44(29-35-12-5-2-6-13-35)54(81)68-42(24-25-48(60)75)53(80)67-41(51(78)66-40)15-9-27-63-58(61)62/h1-6,10-13,16-23,40-47,73-74,85H,7-9,14-15,24-33,59H2,(H2,60,75)(H,64,77)(H,65,76)(H,66,78)(H,67,80)(H,68,81)(H,69,82)(H,70,83)(H,71,84)(H,72,79)(H4,61,62,63)/t40-,41-,42-,43-,44-,45-,46-,47-/m0/s1. The molecule has 1 aliphatic rings. The summed E-state index contributed by atoms with van der Waals surface area (Å²) >= 11 is 4.36. The van der Waals surface area contributed by atoms with Gasteiger partial charge in [0.2, 0.25) is 59.1 Å². The van der Waals surface area contributed by atoms with Crippen LogP contribution in [-0.4, -0.2) is 149 Å². The van der Waals surface area contributed by atoms with Gasteiger partial charge in [-0.15, -0.1) is 0 Å². The van der Waals surface area contributed by atoms with Gasteiger partial charge in [-0.3, -0.25) is 52.9 Å². The average molecular weight is 1190 g/mol. The highest BCUT2D eigenvalue weighted by Gasteiger charge is 2.36. The summed E-state index contributed by atoms with van der Waals surface area (Å²) in [5.74, 6) is -9.73. The number of phenols is 2. The van der Waals surface area contributed by atoms with E-state index in [1.54, 1.807) is 60.7 Å². The molecule has 4 aromatic carbocycles. The van der Waals surface area contributed by atoms with Crippen molar-refractivity contribution in [1.29, 1.82) is 0 Å². The zero-order valence-corrected chi connectivity index (χ0v) is 47.7. The van der Waals surface area contributed by atoms with Crippen molar-refractivity contribution in [3.8, 4) is 11.5 Å². The van der Waals surface area contributed by atoms with Crippen molar-refractivity contribution in [3.63, 3.8) is 0 Å². The van der Waals surface area contributed by atoms with Crippen LogP contribution in [0.2, 0.25) is 0 Å². The SMILES string of the molecule is NCCCC[C@@H]1NC(=O)[C@H](CCCN=C(N)N)NC(=O)[C@H](CCC(N)=O)NC(=O)[C@H](Cc2ccccc2)NC(=O)CNC(=O)[C@H](Cc2ccccc2)NC(=O)[C@H](Cc2ccc(O)cc2)NC(=O)[C@H](Cc2ccc(O)cc2)NC(=O)[C@H](CS)NC1=O. The number of carbonyl (C=O) groups is 10. The van der Waals surface area contributed by atoms with E-state index in [9.17, 15) is 58.2 Å². The molecular weight excluding hydrogens is 1120 g/mol. The maximum absolute atomic E-state index is 14.7. The molecule has 1 aliphatic heterocycles. The number of hydrogen-bond acceptors (Lipinski definition) is 15. The highest BCUT2D eigenvalue weighted by atomic mass is 32.1. The Kier molecular flexibility index (Phi) is 26.9. The highest BCUT2D eigenvalue weighted by Crippen LogP contribution is 2.16. The number of hydrogen-bond donors (Lipinski definition) is 16. The number of phenolic OH excluding ortho intramolecular Hbond substituents is 2. The second-order valence-electron chi connectivity index (χ2n) is 20.3. The molecule has 4 aromatic rings. The number of unbranched alkanes of at least 4 members (excludes halogenated alkanes) is 1. The summed E-state index contributed by atoms with van der Waals surface area (Å²) in [4.78, 5) is 146. The fourth-order valence-electron chi connectivity index (χ4n) is 9.00. The lowest BCUT2D eigenvalue weighted by atomic mass is 10.0. The summed E-state index contributed by atoms with van der Waals surface area (Å²) in [6.45, 7) is -0.534. The number of nitrogens with one attached hydrogen (secondary N) is 9. The molecule has 0 saturated carbocycles. The Morgan fingerprint density at radius 2 is 0.800 bits per heavy atom. The summed E-state index contributed by atoms with van der Waals surface area (Å²) in [6.07, 6.45) is -0.916. The maximum Gasteiger partial charge on any atom is 0.244 e. The molecular formula is C58H76N14O12S. The van der Waals surface area contributed by atoms with Gasteiger partial charge in [0.15, 0.2) is 5.96 Å². The van der Waals surface area contributed by atoms with E-state index < -0.39 is 120 Å². The molecule has 19 N–H and O–H groups in total. The van der Waals surface area contributed by atoms with Crippen LogP contribution in [0.4, 0.5) is 0 Å². The first-order valence-electron chi connectivity index (χ1n) is 27.7. The highest BCUT2D eigenvalue weighted by molar-refractivity contribution is 7.80. The molecule has 0 radical (unpaired) electrons. The molecule has 85 heavy (non-hydrogen) atoms. The number of aromatic hydroxyl groups is 2. The molecule has 8 atom stereocenters. The lowest BCUT2D eigenvalue weighted by Gasteiger charge is -2.28. The molecule has 1 fully saturated rings. The molecule has 0 bridgehead atoms. The summed E-state index contributed by atoms with van der Waals surface area (Å²) in [5, 5.41) is 43.9. The average Bonchev–Trinajstić information content (AvgIpc) is 3.49. The number of rotatable bonds is 20. The Hall–Kier alpha value is -9.24. The molecule has 0 aromatic heterocycles. The fraction of sp³-hybridized carbons (Fsp3) is 0.397. The zero-order valence-electron chi connectivity index (χ0n) is 46.8. The van der Waals surface area contributed by atoms with E-state index in [0.717, 1.165) is 0 Å². The van der Waals surface area contributed by atoms with Gasteiger partial charge in [0.25, 0.3) is 0 Å². The minimum absolute atomic E-state index is 0.00434. The first-order valence-corrected chi connectivity index (χ1v) is 28.3. The predicted molar refractivity (Wildman–Crippen MR) is 317 cm³/mol. The number of nitrogens with zero attached hydrogens (tertiary/aromatic N) is 1. The molecule has 0 unspecified atom stereocenters. The van der Waals surface area contributed by atoms with E-state index in [-0.39, 0.29) is 87.7 Å². The van der Waals surface area contributed by atoms with Gasteiger partial charge in [-0.25, -0.2) is 0 Å². The second-order valence-corrected chi connectivity index (χ2v) is 20.7. The van der Waals surface area contributed by atoms with Crippen LogP contribution in [0.15, 0.2) is 114 Å². The Balaban J connectivity index is 1.61. The summed E-state index contributed by atoms with van der Waals surface area (Å²) < 4.78 is 0. The van der Waals surface area contributed by atoms with Crippen molar-refractivity contribution >= 4 is 77.7 Å². The van der Waals surface area contributed by atoms with E-state index in [4.69, 9.17) is 22.9 Å². The van der Waals surface area contributed by atoms with Gasteiger partial charge in [-0.1, -0.05) is 84.9 Å². The smallest absolute Gasteiger partial charge is 0.244 e. The van der Waals surface area contributed by atoms with Gasteiger partial charge in [-0.2, -0.15) is 12.6 Å². The third-order valence-electron chi connectivity index (χ3n) is 13.6. The Labute approximate surface area is 497 Å². The molecule has 26 nitrogen and oxygen atoms in total. The predicted octanol–water partition coefficient (Wildman–Crippen LogP) is -2.25. The number of nitrogens with two attached hydrogens (primary N) is 4. The van der Waals surface area contributed by atoms with E-state index in [0.29, 0.717) is 35.1 Å². The Bertz CT molecular complexity index is 2940. The molecule has 27 heteroatoms. The van der Waals surface area contributed by atoms with Crippen molar-refractivity contribution < 1.29 is 58.2 Å². The van der Waals surface area contributed by atoms with Crippen LogP contribution in [0.1, 0.15) is 67.2 Å². The van der Waals surface area contributed by atoms with Crippen molar-refractivity contribution in [3.05, 3.63) is 131 Å². The molecule has 5 rings (SSSR count). The summed E-state index contributed by atoms with van der Waals surface area (Å²) in [5.41, 5.74) is 24.5. The van der Waals surface area contributed by atoms with Crippen LogP contribution >= 0.6 is 12.6 Å². The minimum Gasteiger partial charge on any atom is -0.508 e. The van der Waals surface area contributed by atoms with Gasteiger partial charge in [0, 0.05) is 44.4 Å². The first-order chi connectivity index (χ1) is 40.7. The topological polar surface area (TPSA) is 436 Å². The van der Waals surface area contributed by atoms with E-state index in [1.807, 2.05) is 0 Å². The van der Waals surface area contributed by atoms with Crippen LogP contribution in [0.5, 0.6) is 11.5 Å².